The summed E-state index contributed by atoms with van der Waals surface area (Å²) in [5.74, 6) is -0.470. The van der Waals surface area contributed by atoms with Gasteiger partial charge in [0.15, 0.2) is 0 Å². The minimum Gasteiger partial charge on any atom is -0.465 e. The van der Waals surface area contributed by atoms with Crippen LogP contribution in [0.4, 0.5) is 0 Å². The Labute approximate surface area is 97.9 Å². The fourth-order valence-electron chi connectivity index (χ4n) is 1.22. The maximum Gasteiger partial charge on any atom is 0.339 e. The van der Waals surface area contributed by atoms with Crippen LogP contribution in [0.1, 0.15) is 15.9 Å². The highest BCUT2D eigenvalue weighted by Crippen LogP contribution is 2.19. The van der Waals surface area contributed by atoms with Crippen LogP contribution < -0.4 is 0 Å². The van der Waals surface area contributed by atoms with E-state index in [0.717, 1.165) is 5.56 Å². The number of nitrogens with zero attached hydrogens (tertiary/aromatic N) is 1. The van der Waals surface area contributed by atoms with E-state index in [1.807, 2.05) is 0 Å². The van der Waals surface area contributed by atoms with Gasteiger partial charge in [0.1, 0.15) is 0 Å². The molecule has 0 N–H and O–H groups in total. The molecular formula is C11H10ClNO3. The normalized spacial score (nSPS) is 9.38. The first kappa shape index (κ1) is 12.4. The van der Waals surface area contributed by atoms with Crippen molar-refractivity contribution in [2.75, 3.05) is 13.7 Å². The molecule has 5 heteroatoms. The van der Waals surface area contributed by atoms with Gasteiger partial charge < -0.3 is 4.74 Å². The third-order valence-electron chi connectivity index (χ3n) is 2.02. The van der Waals surface area contributed by atoms with Gasteiger partial charge in [0, 0.05) is 0 Å². The van der Waals surface area contributed by atoms with E-state index in [4.69, 9.17) is 11.6 Å². The summed E-state index contributed by atoms with van der Waals surface area (Å²) in [5.41, 5.74) is 1.23. The summed E-state index contributed by atoms with van der Waals surface area (Å²) in [5, 5.41) is 0.333. The second kappa shape index (κ2) is 6.05. The SMILES string of the molecule is COC(=O)c1ccc(CCN=C=O)cc1Cl. The monoisotopic (exact) mass is 239 g/mol. The van der Waals surface area contributed by atoms with Crippen LogP contribution >= 0.6 is 11.6 Å². The molecule has 1 rings (SSSR count). The summed E-state index contributed by atoms with van der Waals surface area (Å²) in [7, 11) is 1.30. The summed E-state index contributed by atoms with van der Waals surface area (Å²) in [6.45, 7) is 0.359. The van der Waals surface area contributed by atoms with E-state index in [1.54, 1.807) is 18.2 Å². The summed E-state index contributed by atoms with van der Waals surface area (Å²) in [4.78, 5) is 24.5. The van der Waals surface area contributed by atoms with E-state index in [1.165, 1.54) is 13.2 Å². The van der Waals surface area contributed by atoms with Crippen LogP contribution in [0.15, 0.2) is 23.2 Å². The number of isocyanates is 1. The highest BCUT2D eigenvalue weighted by atomic mass is 35.5. The number of hydrogen-bond donors (Lipinski definition) is 0. The van der Waals surface area contributed by atoms with Crippen molar-refractivity contribution in [2.24, 2.45) is 4.99 Å². The van der Waals surface area contributed by atoms with Crippen LogP contribution in [0.5, 0.6) is 0 Å². The first-order valence-corrected chi connectivity index (χ1v) is 4.97. The van der Waals surface area contributed by atoms with Gasteiger partial charge >= 0.3 is 5.97 Å². The van der Waals surface area contributed by atoms with E-state index in [2.05, 4.69) is 9.73 Å². The second-order valence-electron chi connectivity index (χ2n) is 3.03. The van der Waals surface area contributed by atoms with Gasteiger partial charge in [0.2, 0.25) is 6.08 Å². The zero-order chi connectivity index (χ0) is 12.0. The molecule has 16 heavy (non-hydrogen) atoms. The Morgan fingerprint density at radius 2 is 2.31 bits per heavy atom. The van der Waals surface area contributed by atoms with Crippen molar-refractivity contribution in [1.29, 1.82) is 0 Å². The van der Waals surface area contributed by atoms with Gasteiger partial charge in [0.25, 0.3) is 0 Å². The van der Waals surface area contributed by atoms with Gasteiger partial charge in [-0.05, 0) is 24.1 Å². The molecule has 0 bridgehead atoms. The lowest BCUT2D eigenvalue weighted by Gasteiger charge is -2.04. The largest absolute Gasteiger partial charge is 0.465 e. The van der Waals surface area contributed by atoms with Crippen LogP contribution in [-0.2, 0) is 16.0 Å². The van der Waals surface area contributed by atoms with Gasteiger partial charge in [-0.3, -0.25) is 0 Å². The molecule has 0 spiro atoms. The van der Waals surface area contributed by atoms with E-state index in [-0.39, 0.29) is 0 Å². The van der Waals surface area contributed by atoms with Crippen molar-refractivity contribution in [1.82, 2.24) is 0 Å². The summed E-state index contributed by atoms with van der Waals surface area (Å²) < 4.78 is 4.56. The van der Waals surface area contributed by atoms with Gasteiger partial charge in [-0.25, -0.2) is 14.6 Å². The summed E-state index contributed by atoms with van der Waals surface area (Å²) in [6, 6.07) is 5.00. The maximum atomic E-state index is 11.2. The highest BCUT2D eigenvalue weighted by Gasteiger charge is 2.10. The molecule has 0 atom stereocenters. The third kappa shape index (κ3) is 3.19. The van der Waals surface area contributed by atoms with Gasteiger partial charge in [-0.1, -0.05) is 17.7 Å². The highest BCUT2D eigenvalue weighted by molar-refractivity contribution is 6.33. The first-order valence-electron chi connectivity index (χ1n) is 4.59. The minimum absolute atomic E-state index is 0.326. The maximum absolute atomic E-state index is 11.2. The fraction of sp³-hybridized carbons (Fsp3) is 0.273. The average Bonchev–Trinajstić information content (AvgIpc) is 2.29. The van der Waals surface area contributed by atoms with Crippen molar-refractivity contribution in [3.63, 3.8) is 0 Å². The predicted molar refractivity (Wildman–Crippen MR) is 59.5 cm³/mol. The number of methoxy groups -OCH3 is 1. The molecule has 0 saturated heterocycles. The molecule has 0 aliphatic carbocycles. The Hall–Kier alpha value is -1.64. The first-order chi connectivity index (χ1) is 7.69. The van der Waals surface area contributed by atoms with Crippen LogP contribution in [0, 0.1) is 0 Å². The van der Waals surface area contributed by atoms with E-state index >= 15 is 0 Å². The Morgan fingerprint density at radius 3 is 2.88 bits per heavy atom. The lowest BCUT2D eigenvalue weighted by Crippen LogP contribution is -2.02. The predicted octanol–water partition coefficient (Wildman–Crippen LogP) is 2.00. The van der Waals surface area contributed by atoms with Gasteiger partial charge in [-0.2, -0.15) is 0 Å². The fourth-order valence-corrected chi connectivity index (χ4v) is 1.50. The molecule has 0 aliphatic heterocycles. The van der Waals surface area contributed by atoms with Crippen LogP contribution in [0.3, 0.4) is 0 Å². The number of carbonyl (C=O) groups excluding carboxylic acids is 2. The number of carbonyl (C=O) groups is 1. The number of esters is 1. The van der Waals surface area contributed by atoms with Crippen LogP contribution in [0.2, 0.25) is 5.02 Å². The Bertz CT molecular complexity index is 439. The zero-order valence-corrected chi connectivity index (χ0v) is 9.45. The smallest absolute Gasteiger partial charge is 0.339 e. The van der Waals surface area contributed by atoms with E-state index < -0.39 is 5.97 Å². The quantitative estimate of drug-likeness (QED) is 0.459. The molecule has 84 valence electrons. The molecule has 0 radical (unpaired) electrons. The second-order valence-corrected chi connectivity index (χ2v) is 3.44. The molecule has 0 aromatic heterocycles. The molecule has 1 aromatic carbocycles. The number of aliphatic imine (C=N–C) groups is 1. The topological polar surface area (TPSA) is 55.7 Å². The minimum atomic E-state index is -0.470. The molecule has 1 aromatic rings. The summed E-state index contributed by atoms with van der Waals surface area (Å²) >= 11 is 5.91. The van der Waals surface area contributed by atoms with Crippen molar-refractivity contribution in [3.05, 3.63) is 34.3 Å². The van der Waals surface area contributed by atoms with Crippen LogP contribution in [-0.4, -0.2) is 25.7 Å². The van der Waals surface area contributed by atoms with Crippen molar-refractivity contribution in [3.8, 4) is 0 Å². The zero-order valence-electron chi connectivity index (χ0n) is 8.70. The van der Waals surface area contributed by atoms with Gasteiger partial charge in [0.05, 0.1) is 24.2 Å². The summed E-state index contributed by atoms with van der Waals surface area (Å²) in [6.07, 6.45) is 2.04. The Morgan fingerprint density at radius 1 is 1.56 bits per heavy atom. The van der Waals surface area contributed by atoms with Gasteiger partial charge in [-0.15, -0.1) is 0 Å². The number of halogens is 1. The van der Waals surface area contributed by atoms with Crippen molar-refractivity contribution >= 4 is 23.7 Å². The number of benzene rings is 1. The standard InChI is InChI=1S/C11H10ClNO3/c1-16-11(15)9-3-2-8(6-10(9)12)4-5-13-7-14/h2-3,6H,4-5H2,1H3. The molecular weight excluding hydrogens is 230 g/mol. The average molecular weight is 240 g/mol. The molecule has 4 nitrogen and oxygen atoms in total. The van der Waals surface area contributed by atoms with E-state index in [9.17, 15) is 9.59 Å². The van der Waals surface area contributed by atoms with Crippen molar-refractivity contribution < 1.29 is 14.3 Å². The lowest BCUT2D eigenvalue weighted by molar-refractivity contribution is 0.0601. The molecule has 0 saturated carbocycles. The Balaban J connectivity index is 2.82. The Kier molecular flexibility index (Phi) is 4.70. The number of hydrogen-bond acceptors (Lipinski definition) is 4. The molecule has 0 fully saturated rings. The number of ether oxygens (including phenoxy) is 1. The van der Waals surface area contributed by atoms with Crippen molar-refractivity contribution in [2.45, 2.75) is 6.42 Å². The lowest BCUT2D eigenvalue weighted by atomic mass is 10.1. The number of rotatable bonds is 4. The third-order valence-corrected chi connectivity index (χ3v) is 2.33. The van der Waals surface area contributed by atoms with E-state index in [0.29, 0.717) is 23.6 Å². The molecule has 0 aliphatic rings. The molecule has 0 amide bonds. The molecule has 0 heterocycles. The van der Waals surface area contributed by atoms with Crippen LogP contribution in [0.25, 0.3) is 0 Å². The molecule has 0 unspecified atom stereocenters.